The molecule has 1 aromatic carbocycles. The van der Waals surface area contributed by atoms with E-state index < -0.39 is 0 Å². The first kappa shape index (κ1) is 12.4. The number of benzene rings is 1. The van der Waals surface area contributed by atoms with Gasteiger partial charge in [0.1, 0.15) is 5.82 Å². The summed E-state index contributed by atoms with van der Waals surface area (Å²) in [5.74, 6) is 0.774. The van der Waals surface area contributed by atoms with E-state index in [1.807, 2.05) is 36.4 Å². The maximum Gasteiger partial charge on any atom is 0.145 e. The Bertz CT molecular complexity index is 710. The minimum Gasteiger partial charge on any atom is -0.361 e. The van der Waals surface area contributed by atoms with Crippen LogP contribution in [-0.4, -0.2) is 9.97 Å². The number of nitrogens with zero attached hydrogens (tertiary/aromatic N) is 2. The number of hydrogen-bond acceptors (Lipinski definition) is 4. The molecule has 2 heterocycles. The van der Waals surface area contributed by atoms with Gasteiger partial charge in [-0.3, -0.25) is 4.98 Å². The number of halogens is 1. The number of aromatic nitrogens is 2. The Morgan fingerprint density at radius 2 is 1.95 bits per heavy atom. The Balaban J connectivity index is 1.84. The lowest BCUT2D eigenvalue weighted by molar-refractivity contribution is 0.896. The monoisotopic (exact) mass is 289 g/mol. The number of para-hydroxylation sites is 2. The summed E-state index contributed by atoms with van der Waals surface area (Å²) in [7, 11) is 0. The van der Waals surface area contributed by atoms with Gasteiger partial charge in [-0.15, -0.1) is 11.3 Å². The van der Waals surface area contributed by atoms with Crippen molar-refractivity contribution in [3.63, 3.8) is 0 Å². The van der Waals surface area contributed by atoms with Crippen LogP contribution in [0.3, 0.4) is 0 Å². The zero-order chi connectivity index (χ0) is 13.2. The molecule has 0 fully saturated rings. The maximum absolute atomic E-state index is 5.95. The summed E-state index contributed by atoms with van der Waals surface area (Å²) < 4.78 is 0.799. The largest absolute Gasteiger partial charge is 0.361 e. The predicted octanol–water partition coefficient (Wildman–Crippen LogP) is 4.52. The average molecular weight is 290 g/mol. The molecule has 3 rings (SSSR count). The maximum atomic E-state index is 5.95. The second-order valence-corrected chi connectivity index (χ2v) is 6.00. The molecule has 1 atom stereocenters. The van der Waals surface area contributed by atoms with Crippen LogP contribution in [0, 0.1) is 0 Å². The Labute approximate surface area is 120 Å². The van der Waals surface area contributed by atoms with E-state index in [-0.39, 0.29) is 6.04 Å². The van der Waals surface area contributed by atoms with Gasteiger partial charge >= 0.3 is 0 Å². The highest BCUT2D eigenvalue weighted by Crippen LogP contribution is 2.28. The molecule has 0 aliphatic heterocycles. The third kappa shape index (κ3) is 2.69. The van der Waals surface area contributed by atoms with Crippen LogP contribution in [0.4, 0.5) is 5.82 Å². The molecule has 0 bridgehead atoms. The summed E-state index contributed by atoms with van der Waals surface area (Å²) in [6.07, 6.45) is 1.76. The third-order valence-electron chi connectivity index (χ3n) is 2.83. The van der Waals surface area contributed by atoms with Crippen molar-refractivity contribution in [2.24, 2.45) is 0 Å². The van der Waals surface area contributed by atoms with Crippen LogP contribution in [-0.2, 0) is 0 Å². The number of anilines is 1. The number of rotatable bonds is 3. The fourth-order valence-corrected chi connectivity index (χ4v) is 2.94. The van der Waals surface area contributed by atoms with Gasteiger partial charge in [0.15, 0.2) is 0 Å². The summed E-state index contributed by atoms with van der Waals surface area (Å²) >= 11 is 7.52. The molecule has 3 aromatic rings. The summed E-state index contributed by atoms with van der Waals surface area (Å²) in [5, 5.41) is 3.34. The molecule has 1 N–H and O–H groups in total. The highest BCUT2D eigenvalue weighted by atomic mass is 35.5. The van der Waals surface area contributed by atoms with Gasteiger partial charge in [-0.05, 0) is 31.2 Å². The quantitative estimate of drug-likeness (QED) is 0.770. The van der Waals surface area contributed by atoms with E-state index in [1.54, 1.807) is 17.5 Å². The van der Waals surface area contributed by atoms with E-state index in [4.69, 9.17) is 11.6 Å². The molecule has 0 saturated carbocycles. The Morgan fingerprint density at radius 3 is 2.68 bits per heavy atom. The van der Waals surface area contributed by atoms with E-state index in [0.717, 1.165) is 21.2 Å². The van der Waals surface area contributed by atoms with Gasteiger partial charge in [0.2, 0.25) is 0 Å². The van der Waals surface area contributed by atoms with Crippen LogP contribution in [0.15, 0.2) is 42.6 Å². The molecular formula is C14H12ClN3S. The van der Waals surface area contributed by atoms with Crippen molar-refractivity contribution < 1.29 is 0 Å². The number of thiophene rings is 1. The van der Waals surface area contributed by atoms with E-state index >= 15 is 0 Å². The number of fused-ring (bicyclic) bond motifs is 1. The molecule has 0 aliphatic rings. The Kier molecular flexibility index (Phi) is 3.36. The SMILES string of the molecule is CC(Nc1cnc2ccccc2n1)c1ccc(Cl)s1. The minimum absolute atomic E-state index is 0.160. The predicted molar refractivity (Wildman–Crippen MR) is 80.9 cm³/mol. The molecule has 19 heavy (non-hydrogen) atoms. The van der Waals surface area contributed by atoms with Gasteiger partial charge < -0.3 is 5.32 Å². The van der Waals surface area contributed by atoms with Crippen molar-refractivity contribution in [2.75, 3.05) is 5.32 Å². The van der Waals surface area contributed by atoms with Gasteiger partial charge in [-0.25, -0.2) is 4.98 Å². The first-order valence-corrected chi connectivity index (χ1v) is 7.15. The average Bonchev–Trinajstić information content (AvgIpc) is 2.85. The fraction of sp³-hybridized carbons (Fsp3) is 0.143. The number of nitrogens with one attached hydrogen (secondary N) is 1. The van der Waals surface area contributed by atoms with Gasteiger partial charge in [0, 0.05) is 4.88 Å². The molecule has 0 radical (unpaired) electrons. The highest BCUT2D eigenvalue weighted by Gasteiger charge is 2.09. The normalized spacial score (nSPS) is 12.5. The highest BCUT2D eigenvalue weighted by molar-refractivity contribution is 7.16. The fourth-order valence-electron chi connectivity index (χ4n) is 1.88. The lowest BCUT2D eigenvalue weighted by atomic mass is 10.2. The van der Waals surface area contributed by atoms with Crippen molar-refractivity contribution >= 4 is 39.8 Å². The molecule has 2 aromatic heterocycles. The second-order valence-electron chi connectivity index (χ2n) is 4.25. The minimum atomic E-state index is 0.160. The molecule has 96 valence electrons. The van der Waals surface area contributed by atoms with Gasteiger partial charge in [-0.1, -0.05) is 23.7 Å². The van der Waals surface area contributed by atoms with Gasteiger partial charge in [-0.2, -0.15) is 0 Å². The van der Waals surface area contributed by atoms with Crippen LogP contribution >= 0.6 is 22.9 Å². The van der Waals surface area contributed by atoms with Gasteiger partial charge in [0.25, 0.3) is 0 Å². The molecule has 1 unspecified atom stereocenters. The smallest absolute Gasteiger partial charge is 0.145 e. The lowest BCUT2D eigenvalue weighted by Gasteiger charge is -2.12. The molecule has 3 nitrogen and oxygen atoms in total. The summed E-state index contributed by atoms with van der Waals surface area (Å²) in [4.78, 5) is 10.1. The zero-order valence-corrected chi connectivity index (χ0v) is 11.9. The van der Waals surface area contributed by atoms with Gasteiger partial charge in [0.05, 0.1) is 27.6 Å². The van der Waals surface area contributed by atoms with Crippen molar-refractivity contribution in [1.29, 1.82) is 0 Å². The van der Waals surface area contributed by atoms with Crippen LogP contribution in [0.2, 0.25) is 4.34 Å². The van der Waals surface area contributed by atoms with E-state index in [1.165, 1.54) is 4.88 Å². The summed E-state index contributed by atoms with van der Waals surface area (Å²) in [6, 6.07) is 11.9. The van der Waals surface area contributed by atoms with Crippen molar-refractivity contribution in [1.82, 2.24) is 9.97 Å². The Morgan fingerprint density at radius 1 is 1.16 bits per heavy atom. The van der Waals surface area contributed by atoms with Crippen molar-refractivity contribution in [2.45, 2.75) is 13.0 Å². The van der Waals surface area contributed by atoms with Crippen LogP contribution in [0.25, 0.3) is 11.0 Å². The standard InChI is InChI=1S/C14H12ClN3S/c1-9(12-6-7-13(15)19-12)17-14-8-16-10-4-2-3-5-11(10)18-14/h2-9H,1H3,(H,17,18). The summed E-state index contributed by atoms with van der Waals surface area (Å²) in [5.41, 5.74) is 1.80. The van der Waals surface area contributed by atoms with E-state index in [0.29, 0.717) is 0 Å². The third-order valence-corrected chi connectivity index (χ3v) is 4.25. The van der Waals surface area contributed by atoms with Crippen molar-refractivity contribution in [3.8, 4) is 0 Å². The van der Waals surface area contributed by atoms with Crippen LogP contribution in [0.5, 0.6) is 0 Å². The topological polar surface area (TPSA) is 37.8 Å². The molecule has 5 heteroatoms. The molecule has 0 saturated heterocycles. The molecule has 0 spiro atoms. The summed E-state index contributed by atoms with van der Waals surface area (Å²) in [6.45, 7) is 2.08. The van der Waals surface area contributed by atoms with Crippen molar-refractivity contribution in [3.05, 3.63) is 51.8 Å². The van der Waals surface area contributed by atoms with E-state index in [2.05, 4.69) is 22.2 Å². The zero-order valence-electron chi connectivity index (χ0n) is 10.3. The lowest BCUT2D eigenvalue weighted by Crippen LogP contribution is -2.06. The first-order valence-electron chi connectivity index (χ1n) is 5.96. The Hall–Kier alpha value is -1.65. The molecule has 0 aliphatic carbocycles. The molecule has 0 amide bonds. The second kappa shape index (κ2) is 5.15. The number of hydrogen-bond donors (Lipinski definition) is 1. The van der Waals surface area contributed by atoms with Crippen LogP contribution < -0.4 is 5.32 Å². The first-order chi connectivity index (χ1) is 9.22. The molecular weight excluding hydrogens is 278 g/mol. The van der Waals surface area contributed by atoms with E-state index in [9.17, 15) is 0 Å². The van der Waals surface area contributed by atoms with Crippen LogP contribution in [0.1, 0.15) is 17.8 Å².